The average molecular weight is 406 g/mol. The van der Waals surface area contributed by atoms with Crippen LogP contribution < -0.4 is 0 Å². The van der Waals surface area contributed by atoms with Crippen LogP contribution in [0.3, 0.4) is 0 Å². The predicted molar refractivity (Wildman–Crippen MR) is 97.5 cm³/mol. The Morgan fingerprint density at radius 3 is 2.35 bits per heavy atom. The van der Waals surface area contributed by atoms with Crippen molar-refractivity contribution in [3.8, 4) is 0 Å². The number of aryl methyl sites for hydroxylation is 1. The Morgan fingerprint density at radius 2 is 1.81 bits per heavy atom. The zero-order chi connectivity index (χ0) is 19.5. The normalized spacial score (nSPS) is 26.9. The van der Waals surface area contributed by atoms with Gasteiger partial charge in [0.1, 0.15) is 26.4 Å². The van der Waals surface area contributed by atoms with E-state index in [1.807, 2.05) is 6.92 Å². The second-order valence-electron chi connectivity index (χ2n) is 6.34. The molecule has 0 aromatic heterocycles. The maximum atomic E-state index is 12.4. The van der Waals surface area contributed by atoms with Gasteiger partial charge in [0, 0.05) is 14.2 Å². The molecule has 1 aromatic carbocycles. The molecule has 4 unspecified atom stereocenters. The predicted octanol–water partition coefficient (Wildman–Crippen LogP) is 1.08. The first-order valence-corrected chi connectivity index (χ1v) is 11.3. The van der Waals surface area contributed by atoms with E-state index in [1.165, 1.54) is 26.4 Å². The molecule has 146 valence electrons. The molecule has 1 fully saturated rings. The van der Waals surface area contributed by atoms with E-state index >= 15 is 0 Å². The van der Waals surface area contributed by atoms with E-state index in [0.29, 0.717) is 6.42 Å². The molecule has 4 atom stereocenters. The van der Waals surface area contributed by atoms with E-state index in [2.05, 4.69) is 0 Å². The molecule has 11 heteroatoms. The number of benzene rings is 1. The van der Waals surface area contributed by atoms with Crippen molar-refractivity contribution in [3.05, 3.63) is 29.8 Å². The summed E-state index contributed by atoms with van der Waals surface area (Å²) in [6, 6.07) is 6.25. The molecule has 1 aliphatic rings. The van der Waals surface area contributed by atoms with Crippen LogP contribution >= 0.6 is 7.60 Å². The highest BCUT2D eigenvalue weighted by molar-refractivity contribution is 7.86. The topological polar surface area (TPSA) is 108 Å². The Balaban J connectivity index is 2.06. The summed E-state index contributed by atoms with van der Waals surface area (Å²) in [6.07, 6.45) is -2.88. The second kappa shape index (κ2) is 8.52. The standard InChI is InChI=1S/C15H24BO8PS/c1-10-4-6-11(7-5-10)26(19,20)24-15-12(16)8-13(14(15)17)23-9-25(18,21-2)22-3/h4-7,12-15,17H,8-9,16H2,1-3H3. The molecule has 0 saturated heterocycles. The van der Waals surface area contributed by atoms with Gasteiger partial charge in [-0.2, -0.15) is 8.42 Å². The molecule has 0 radical (unpaired) electrons. The molecule has 1 aliphatic carbocycles. The monoisotopic (exact) mass is 406 g/mol. The van der Waals surface area contributed by atoms with Gasteiger partial charge in [0.2, 0.25) is 0 Å². The lowest BCUT2D eigenvalue weighted by Gasteiger charge is -2.22. The summed E-state index contributed by atoms with van der Waals surface area (Å²) in [4.78, 5) is 0.0233. The highest BCUT2D eigenvalue weighted by atomic mass is 32.2. The van der Waals surface area contributed by atoms with E-state index in [1.54, 1.807) is 20.0 Å². The molecule has 2 rings (SSSR count). The minimum atomic E-state index is -4.02. The maximum absolute atomic E-state index is 12.4. The third-order valence-corrected chi connectivity index (χ3v) is 7.34. The largest absolute Gasteiger partial charge is 0.388 e. The Labute approximate surface area is 154 Å². The van der Waals surface area contributed by atoms with Gasteiger partial charge in [-0.25, -0.2) is 0 Å². The van der Waals surface area contributed by atoms with Crippen molar-refractivity contribution in [3.63, 3.8) is 0 Å². The van der Waals surface area contributed by atoms with Crippen molar-refractivity contribution < 1.29 is 36.1 Å². The summed E-state index contributed by atoms with van der Waals surface area (Å²) in [7, 11) is -3.17. The Kier molecular flexibility index (Phi) is 7.07. The van der Waals surface area contributed by atoms with Gasteiger partial charge in [-0.05, 0) is 31.3 Å². The molecule has 0 heterocycles. The van der Waals surface area contributed by atoms with E-state index in [9.17, 15) is 18.1 Å². The molecule has 1 N–H and O–H groups in total. The quantitative estimate of drug-likeness (QED) is 0.388. The van der Waals surface area contributed by atoms with Gasteiger partial charge in [0.25, 0.3) is 10.1 Å². The first-order valence-electron chi connectivity index (χ1n) is 8.12. The van der Waals surface area contributed by atoms with Crippen LogP contribution in [0.2, 0.25) is 5.82 Å². The summed E-state index contributed by atoms with van der Waals surface area (Å²) in [5, 5.41) is 10.4. The Hall–Kier alpha value is -0.735. The van der Waals surface area contributed by atoms with Gasteiger partial charge < -0.3 is 18.9 Å². The van der Waals surface area contributed by atoms with Gasteiger partial charge in [-0.3, -0.25) is 8.75 Å². The lowest BCUT2D eigenvalue weighted by Crippen LogP contribution is -2.35. The van der Waals surface area contributed by atoms with Crippen molar-refractivity contribution in [2.24, 2.45) is 0 Å². The fourth-order valence-corrected chi connectivity index (χ4v) is 4.69. The fourth-order valence-electron chi connectivity index (χ4n) is 2.78. The summed E-state index contributed by atoms with van der Waals surface area (Å²) >= 11 is 0. The zero-order valence-corrected chi connectivity index (χ0v) is 16.9. The van der Waals surface area contributed by atoms with E-state index in [4.69, 9.17) is 18.0 Å². The lowest BCUT2D eigenvalue weighted by atomic mass is 9.84. The van der Waals surface area contributed by atoms with Crippen LogP contribution in [0.15, 0.2) is 29.2 Å². The minimum absolute atomic E-state index is 0.0233. The Bertz CT molecular complexity index is 745. The molecule has 0 amide bonds. The van der Waals surface area contributed by atoms with Crippen LogP contribution in [0, 0.1) is 6.92 Å². The molecular formula is C15H24BO8PS. The summed E-state index contributed by atoms with van der Waals surface area (Å²) in [6.45, 7) is 1.85. The molecule has 26 heavy (non-hydrogen) atoms. The van der Waals surface area contributed by atoms with Gasteiger partial charge in [0.15, 0.2) is 0 Å². The average Bonchev–Trinajstić information content (AvgIpc) is 2.87. The van der Waals surface area contributed by atoms with Crippen molar-refractivity contribution in [1.82, 2.24) is 0 Å². The van der Waals surface area contributed by atoms with E-state index in [0.717, 1.165) is 5.56 Å². The van der Waals surface area contributed by atoms with Gasteiger partial charge >= 0.3 is 7.60 Å². The van der Waals surface area contributed by atoms with Crippen LogP contribution in [0.4, 0.5) is 0 Å². The molecule has 1 aromatic rings. The van der Waals surface area contributed by atoms with Crippen LogP contribution in [-0.4, -0.2) is 60.3 Å². The number of hydrogen-bond donors (Lipinski definition) is 1. The first kappa shape index (κ1) is 21.6. The molecule has 0 spiro atoms. The number of hydrogen-bond acceptors (Lipinski definition) is 8. The van der Waals surface area contributed by atoms with Crippen LogP contribution in [0.1, 0.15) is 12.0 Å². The van der Waals surface area contributed by atoms with Crippen LogP contribution in [0.25, 0.3) is 0 Å². The van der Waals surface area contributed by atoms with Crippen LogP contribution in [0.5, 0.6) is 0 Å². The Morgan fingerprint density at radius 1 is 1.23 bits per heavy atom. The summed E-state index contributed by atoms with van der Waals surface area (Å²) in [5.41, 5.74) is 0.924. The van der Waals surface area contributed by atoms with Gasteiger partial charge in [0.05, 0.1) is 11.0 Å². The SMILES string of the molecule is BC1CC(OCP(=O)(OC)OC)C(O)C1OS(=O)(=O)c1ccc(C)cc1. The molecular weight excluding hydrogens is 382 g/mol. The molecule has 0 bridgehead atoms. The minimum Gasteiger partial charge on any atom is -0.388 e. The van der Waals surface area contributed by atoms with E-state index in [-0.39, 0.29) is 17.1 Å². The van der Waals surface area contributed by atoms with Crippen molar-refractivity contribution in [1.29, 1.82) is 0 Å². The molecule has 1 saturated carbocycles. The summed E-state index contributed by atoms with van der Waals surface area (Å²) in [5.74, 6) is -0.278. The molecule has 8 nitrogen and oxygen atoms in total. The smallest absolute Gasteiger partial charge is 0.355 e. The number of aliphatic hydroxyl groups is 1. The maximum Gasteiger partial charge on any atom is 0.355 e. The third kappa shape index (κ3) is 4.95. The second-order valence-corrected chi connectivity index (χ2v) is 10.1. The van der Waals surface area contributed by atoms with Crippen molar-refractivity contribution >= 4 is 25.6 Å². The van der Waals surface area contributed by atoms with Gasteiger partial charge in [-0.15, -0.1) is 0 Å². The van der Waals surface area contributed by atoms with Crippen molar-refractivity contribution in [2.75, 3.05) is 20.6 Å². The zero-order valence-electron chi connectivity index (χ0n) is 15.2. The highest BCUT2D eigenvalue weighted by Gasteiger charge is 2.45. The van der Waals surface area contributed by atoms with E-state index < -0.39 is 36.0 Å². The third-order valence-electron chi connectivity index (χ3n) is 4.43. The summed E-state index contributed by atoms with van der Waals surface area (Å²) < 4.78 is 57.2. The number of aliphatic hydroxyl groups excluding tert-OH is 1. The van der Waals surface area contributed by atoms with Gasteiger partial charge in [-0.1, -0.05) is 17.7 Å². The number of rotatable bonds is 8. The number of ether oxygens (including phenoxy) is 1. The lowest BCUT2D eigenvalue weighted by molar-refractivity contribution is -0.0375. The van der Waals surface area contributed by atoms with Crippen molar-refractivity contribution in [2.45, 2.75) is 42.4 Å². The molecule has 0 aliphatic heterocycles. The van der Waals surface area contributed by atoms with Crippen LogP contribution in [-0.2, 0) is 32.7 Å². The highest BCUT2D eigenvalue weighted by Crippen LogP contribution is 2.47. The first-order chi connectivity index (χ1) is 12.1. The fraction of sp³-hybridized carbons (Fsp3) is 0.600.